The minimum Gasteiger partial charge on any atom is -0.378 e. The number of carbonyl (C=O) groups excluding carboxylic acids is 2. The molecule has 13 heteroatoms. The summed E-state index contributed by atoms with van der Waals surface area (Å²) in [5.74, 6) is -1.50. The van der Waals surface area contributed by atoms with Gasteiger partial charge in [0.1, 0.15) is 11.9 Å². The van der Waals surface area contributed by atoms with E-state index in [9.17, 15) is 28.0 Å². The number of aromatic nitrogens is 2. The van der Waals surface area contributed by atoms with Gasteiger partial charge in [0, 0.05) is 19.2 Å². The van der Waals surface area contributed by atoms with Crippen molar-refractivity contribution in [2.75, 3.05) is 36.6 Å². The van der Waals surface area contributed by atoms with Crippen LogP contribution in [0.15, 0.2) is 6.07 Å². The number of hydroxylamine groups is 2. The van der Waals surface area contributed by atoms with Gasteiger partial charge >= 0.3 is 6.18 Å². The second-order valence-electron chi connectivity index (χ2n) is 9.08. The van der Waals surface area contributed by atoms with E-state index in [2.05, 4.69) is 34.7 Å². The number of hydrogen-bond acceptors (Lipinski definition) is 8. The monoisotopic (exact) mass is 474 g/mol. The van der Waals surface area contributed by atoms with Crippen LogP contribution in [0.3, 0.4) is 0 Å². The Labute approximate surface area is 189 Å². The first-order valence-electron chi connectivity index (χ1n) is 10.8. The molecule has 184 valence electrons. The maximum absolute atomic E-state index is 13.4. The van der Waals surface area contributed by atoms with Gasteiger partial charge in [0.25, 0.3) is 5.91 Å². The van der Waals surface area contributed by atoms with E-state index in [4.69, 9.17) is 4.74 Å². The number of morpholine rings is 1. The number of amides is 2. The molecule has 1 saturated heterocycles. The zero-order valence-electron chi connectivity index (χ0n) is 18.6. The lowest BCUT2D eigenvalue weighted by Gasteiger charge is -2.38. The molecule has 0 radical (unpaired) electrons. The van der Waals surface area contributed by atoms with Crippen molar-refractivity contribution in [3.8, 4) is 0 Å². The topological polar surface area (TPSA) is 120 Å². The zero-order chi connectivity index (χ0) is 24.2. The van der Waals surface area contributed by atoms with Gasteiger partial charge in [-0.1, -0.05) is 13.8 Å². The third-order valence-corrected chi connectivity index (χ3v) is 6.13. The molecule has 33 heavy (non-hydrogen) atoms. The first-order chi connectivity index (χ1) is 15.5. The smallest absolute Gasteiger partial charge is 0.378 e. The number of nitrogens with zero attached hydrogens (tertiary/aromatic N) is 4. The van der Waals surface area contributed by atoms with Crippen molar-refractivity contribution in [1.29, 1.82) is 0 Å². The number of hydrazine groups is 1. The lowest BCUT2D eigenvalue weighted by atomic mass is 9.71. The molecule has 1 saturated carbocycles. The number of halogens is 3. The lowest BCUT2D eigenvalue weighted by Crippen LogP contribution is -2.52. The maximum Gasteiger partial charge on any atom is 0.433 e. The van der Waals surface area contributed by atoms with Crippen molar-refractivity contribution in [2.24, 2.45) is 11.3 Å². The van der Waals surface area contributed by atoms with E-state index < -0.39 is 29.8 Å². The van der Waals surface area contributed by atoms with Crippen LogP contribution in [0.1, 0.15) is 45.2 Å². The van der Waals surface area contributed by atoms with Crippen molar-refractivity contribution in [3.05, 3.63) is 11.8 Å². The van der Waals surface area contributed by atoms with Gasteiger partial charge in [-0.15, -0.1) is 0 Å². The number of hydrogen-bond donors (Lipinski definition) is 3. The average molecular weight is 474 g/mol. The highest BCUT2D eigenvalue weighted by Gasteiger charge is 2.38. The molecule has 1 unspecified atom stereocenters. The van der Waals surface area contributed by atoms with Crippen molar-refractivity contribution < 1.29 is 32.7 Å². The van der Waals surface area contributed by atoms with Crippen LogP contribution in [0.5, 0.6) is 0 Å². The van der Waals surface area contributed by atoms with Crippen LogP contribution in [0.25, 0.3) is 0 Å². The summed E-state index contributed by atoms with van der Waals surface area (Å²) in [6, 6.07) is -0.358. The molecule has 1 aliphatic carbocycles. The molecule has 1 atom stereocenters. The van der Waals surface area contributed by atoms with Crippen LogP contribution in [0.4, 0.5) is 24.9 Å². The van der Waals surface area contributed by atoms with E-state index in [1.165, 1.54) is 0 Å². The SMILES string of the molecule is CC1(C)CCC(C(C(=O)NNc2nc(N3CCOCC3)cc(C(F)(F)F)n2)N(O)C=O)CC1. The summed E-state index contributed by atoms with van der Waals surface area (Å²) in [6.45, 7) is 5.63. The van der Waals surface area contributed by atoms with Gasteiger partial charge in [0.15, 0.2) is 5.69 Å². The van der Waals surface area contributed by atoms with E-state index in [1.54, 1.807) is 4.90 Å². The van der Waals surface area contributed by atoms with Crippen LogP contribution in [-0.4, -0.2) is 64.9 Å². The Bertz CT molecular complexity index is 838. The predicted molar refractivity (Wildman–Crippen MR) is 111 cm³/mol. The number of anilines is 2. The minimum absolute atomic E-state index is 0.0418. The number of rotatable bonds is 7. The maximum atomic E-state index is 13.4. The van der Waals surface area contributed by atoms with E-state index in [1.807, 2.05) is 0 Å². The van der Waals surface area contributed by atoms with Crippen molar-refractivity contribution in [2.45, 2.75) is 51.7 Å². The highest BCUT2D eigenvalue weighted by Crippen LogP contribution is 2.40. The molecule has 2 fully saturated rings. The molecule has 2 aliphatic rings. The molecular formula is C20H29F3N6O4. The molecule has 1 aromatic rings. The molecule has 2 amide bonds. The van der Waals surface area contributed by atoms with E-state index in [0.717, 1.165) is 18.9 Å². The number of carbonyl (C=O) groups is 2. The second-order valence-corrected chi connectivity index (χ2v) is 9.08. The minimum atomic E-state index is -4.72. The fourth-order valence-corrected chi connectivity index (χ4v) is 4.13. The molecule has 0 spiro atoms. The van der Waals surface area contributed by atoms with Gasteiger partial charge in [0.2, 0.25) is 12.4 Å². The summed E-state index contributed by atoms with van der Waals surface area (Å²) in [7, 11) is 0. The van der Waals surface area contributed by atoms with Crippen LogP contribution in [-0.2, 0) is 20.5 Å². The molecule has 10 nitrogen and oxygen atoms in total. The third kappa shape index (κ3) is 6.44. The Hall–Kier alpha value is -2.67. The summed E-state index contributed by atoms with van der Waals surface area (Å²) >= 11 is 0. The molecule has 2 heterocycles. The number of alkyl halides is 3. The van der Waals surface area contributed by atoms with Crippen molar-refractivity contribution in [3.63, 3.8) is 0 Å². The second kappa shape index (κ2) is 10.1. The van der Waals surface area contributed by atoms with Crippen molar-refractivity contribution in [1.82, 2.24) is 20.5 Å². The highest BCUT2D eigenvalue weighted by molar-refractivity contribution is 5.84. The fraction of sp³-hybridized carbons (Fsp3) is 0.700. The predicted octanol–water partition coefficient (Wildman–Crippen LogP) is 2.21. The molecule has 0 aromatic carbocycles. The van der Waals surface area contributed by atoms with Crippen LogP contribution >= 0.6 is 0 Å². The molecule has 1 aromatic heterocycles. The largest absolute Gasteiger partial charge is 0.433 e. The van der Waals surface area contributed by atoms with Gasteiger partial charge in [-0.05, 0) is 37.0 Å². The molecule has 3 rings (SSSR count). The quantitative estimate of drug-likeness (QED) is 0.313. The van der Waals surface area contributed by atoms with E-state index in [0.29, 0.717) is 44.2 Å². The van der Waals surface area contributed by atoms with Gasteiger partial charge in [-0.3, -0.25) is 25.6 Å². The first kappa shape index (κ1) is 25.0. The highest BCUT2D eigenvalue weighted by atomic mass is 19.4. The Morgan fingerprint density at radius 2 is 1.94 bits per heavy atom. The van der Waals surface area contributed by atoms with Gasteiger partial charge in [-0.25, -0.2) is 10.0 Å². The summed E-state index contributed by atoms with van der Waals surface area (Å²) in [5.41, 5.74) is 3.50. The van der Waals surface area contributed by atoms with Crippen LogP contribution in [0.2, 0.25) is 0 Å². The zero-order valence-corrected chi connectivity index (χ0v) is 18.6. The molecule has 1 aliphatic heterocycles. The standard InChI is InChI=1S/C20H29F3N6O4/c1-19(2)5-3-13(4-6-19)16(29(32)12-30)17(31)26-27-18-24-14(20(21,22)23)11-15(25-18)28-7-9-33-10-8-28/h11-13,16,32H,3-10H2,1-2H3,(H,26,31)(H,24,25,27). The van der Waals surface area contributed by atoms with Crippen molar-refractivity contribution >= 4 is 24.1 Å². The number of ether oxygens (including phenoxy) is 1. The third-order valence-electron chi connectivity index (χ3n) is 6.13. The van der Waals surface area contributed by atoms with E-state index >= 15 is 0 Å². The number of nitrogens with one attached hydrogen (secondary N) is 2. The Balaban J connectivity index is 1.75. The fourth-order valence-electron chi connectivity index (χ4n) is 4.13. The van der Waals surface area contributed by atoms with Crippen LogP contribution < -0.4 is 15.8 Å². The lowest BCUT2D eigenvalue weighted by molar-refractivity contribution is -0.174. The summed E-state index contributed by atoms with van der Waals surface area (Å²) in [5, 5.41) is 10.3. The van der Waals surface area contributed by atoms with E-state index in [-0.39, 0.29) is 23.6 Å². The summed E-state index contributed by atoms with van der Waals surface area (Å²) < 4.78 is 45.3. The normalized spacial score (nSPS) is 20.1. The molecule has 0 bridgehead atoms. The summed E-state index contributed by atoms with van der Waals surface area (Å²) in [4.78, 5) is 33.2. The van der Waals surface area contributed by atoms with Gasteiger partial charge in [-0.2, -0.15) is 18.2 Å². The summed E-state index contributed by atoms with van der Waals surface area (Å²) in [6.07, 6.45) is -1.75. The van der Waals surface area contributed by atoms with Gasteiger partial charge in [0.05, 0.1) is 13.2 Å². The Morgan fingerprint density at radius 3 is 2.52 bits per heavy atom. The van der Waals surface area contributed by atoms with Gasteiger partial charge < -0.3 is 9.64 Å². The molecule has 3 N–H and O–H groups in total. The Kier molecular flexibility index (Phi) is 7.62. The first-order valence-corrected chi connectivity index (χ1v) is 10.8. The molecular weight excluding hydrogens is 445 g/mol. The average Bonchev–Trinajstić information content (AvgIpc) is 2.78. The van der Waals surface area contributed by atoms with Crippen LogP contribution in [0, 0.1) is 11.3 Å². The Morgan fingerprint density at radius 1 is 1.30 bits per heavy atom.